The largest absolute Gasteiger partial charge is 0.481 e. The minimum absolute atomic E-state index is 0.0684. The number of hydrogen-bond acceptors (Lipinski definition) is 5. The fourth-order valence-electron chi connectivity index (χ4n) is 1.07. The molecular weight excluding hydrogens is 216 g/mol. The van der Waals surface area contributed by atoms with E-state index in [1.807, 2.05) is 0 Å². The first kappa shape index (κ1) is 14.8. The second-order valence-corrected chi connectivity index (χ2v) is 3.16. The summed E-state index contributed by atoms with van der Waals surface area (Å²) in [7, 11) is 2.76. The van der Waals surface area contributed by atoms with Crippen LogP contribution < -0.4 is 11.1 Å². The molecular formula is C9H18N2O5. The van der Waals surface area contributed by atoms with Gasteiger partial charge in [-0.2, -0.15) is 0 Å². The van der Waals surface area contributed by atoms with Crippen molar-refractivity contribution >= 4 is 11.9 Å². The van der Waals surface area contributed by atoms with Crippen molar-refractivity contribution < 1.29 is 24.2 Å². The summed E-state index contributed by atoms with van der Waals surface area (Å²) in [5, 5.41) is 11.1. The molecule has 0 spiro atoms. The number of nitrogens with one attached hydrogen (secondary N) is 1. The van der Waals surface area contributed by atoms with Gasteiger partial charge in [0.2, 0.25) is 0 Å². The molecule has 0 fully saturated rings. The summed E-state index contributed by atoms with van der Waals surface area (Å²) in [6.45, 7) is 0.181. The Bertz CT molecular complexity index is 230. The first-order chi connectivity index (χ1) is 7.54. The summed E-state index contributed by atoms with van der Waals surface area (Å²) in [6, 6.07) is 0. The van der Waals surface area contributed by atoms with E-state index in [0.29, 0.717) is 0 Å². The van der Waals surface area contributed by atoms with Crippen LogP contribution in [0.3, 0.4) is 0 Å². The molecule has 0 bridgehead atoms. The van der Waals surface area contributed by atoms with Gasteiger partial charge in [0, 0.05) is 27.3 Å². The van der Waals surface area contributed by atoms with Crippen LogP contribution in [0.2, 0.25) is 0 Å². The first-order valence-electron chi connectivity index (χ1n) is 4.80. The van der Waals surface area contributed by atoms with Crippen molar-refractivity contribution in [3.8, 4) is 0 Å². The van der Waals surface area contributed by atoms with Gasteiger partial charge in [0.1, 0.15) is 6.10 Å². The molecule has 2 unspecified atom stereocenters. The van der Waals surface area contributed by atoms with E-state index in [0.717, 1.165) is 0 Å². The SMILES string of the molecule is COC(CNC(=O)C(CN)OC)CC(=O)O. The average molecular weight is 234 g/mol. The lowest BCUT2D eigenvalue weighted by Gasteiger charge is -2.17. The monoisotopic (exact) mass is 234 g/mol. The molecule has 0 saturated heterocycles. The predicted octanol–water partition coefficient (Wildman–Crippen LogP) is -1.43. The van der Waals surface area contributed by atoms with Gasteiger partial charge in [0.25, 0.3) is 5.91 Å². The van der Waals surface area contributed by atoms with Crippen molar-refractivity contribution in [1.29, 1.82) is 0 Å². The number of hydrogen-bond donors (Lipinski definition) is 3. The quantitative estimate of drug-likeness (QED) is 0.474. The number of carboxylic acid groups (broad SMARTS) is 1. The zero-order chi connectivity index (χ0) is 12.6. The van der Waals surface area contributed by atoms with E-state index in [2.05, 4.69) is 5.32 Å². The van der Waals surface area contributed by atoms with Crippen LogP contribution in [-0.4, -0.2) is 56.5 Å². The maximum atomic E-state index is 11.4. The van der Waals surface area contributed by atoms with E-state index in [4.69, 9.17) is 20.3 Å². The predicted molar refractivity (Wildman–Crippen MR) is 55.9 cm³/mol. The molecule has 0 rings (SSSR count). The molecule has 0 aromatic carbocycles. The van der Waals surface area contributed by atoms with E-state index in [1.54, 1.807) is 0 Å². The Labute approximate surface area is 93.9 Å². The van der Waals surface area contributed by atoms with Crippen LogP contribution in [-0.2, 0) is 19.1 Å². The Morgan fingerprint density at radius 3 is 2.38 bits per heavy atom. The fourth-order valence-corrected chi connectivity index (χ4v) is 1.07. The highest BCUT2D eigenvalue weighted by molar-refractivity contribution is 5.81. The molecule has 16 heavy (non-hydrogen) atoms. The van der Waals surface area contributed by atoms with Gasteiger partial charge in [-0.1, -0.05) is 0 Å². The molecule has 0 saturated carbocycles. The number of aliphatic carboxylic acids is 1. The van der Waals surface area contributed by atoms with Gasteiger partial charge in [-0.25, -0.2) is 0 Å². The van der Waals surface area contributed by atoms with Crippen LogP contribution in [0.4, 0.5) is 0 Å². The van der Waals surface area contributed by atoms with Crippen molar-refractivity contribution in [3.63, 3.8) is 0 Å². The third-order valence-electron chi connectivity index (χ3n) is 2.03. The van der Waals surface area contributed by atoms with Gasteiger partial charge in [0.15, 0.2) is 0 Å². The molecule has 7 heteroatoms. The van der Waals surface area contributed by atoms with Crippen molar-refractivity contribution in [2.75, 3.05) is 27.3 Å². The highest BCUT2D eigenvalue weighted by atomic mass is 16.5. The van der Waals surface area contributed by atoms with Crippen molar-refractivity contribution in [1.82, 2.24) is 5.32 Å². The van der Waals surface area contributed by atoms with Gasteiger partial charge >= 0.3 is 5.97 Å². The number of carbonyl (C=O) groups excluding carboxylic acids is 1. The molecule has 0 heterocycles. The number of ether oxygens (including phenoxy) is 2. The molecule has 7 nitrogen and oxygen atoms in total. The van der Waals surface area contributed by atoms with Crippen molar-refractivity contribution in [2.45, 2.75) is 18.6 Å². The number of nitrogens with two attached hydrogens (primary N) is 1. The lowest BCUT2D eigenvalue weighted by Crippen LogP contribution is -2.44. The first-order valence-corrected chi connectivity index (χ1v) is 4.80. The number of carboxylic acids is 1. The molecule has 0 aliphatic rings. The second-order valence-electron chi connectivity index (χ2n) is 3.16. The van der Waals surface area contributed by atoms with E-state index >= 15 is 0 Å². The van der Waals surface area contributed by atoms with Gasteiger partial charge in [-0.05, 0) is 0 Å². The number of methoxy groups -OCH3 is 2. The standard InChI is InChI=1S/C9H18N2O5/c1-15-6(3-8(12)13)5-11-9(14)7(4-10)16-2/h6-7H,3-5,10H2,1-2H3,(H,11,14)(H,12,13). The zero-order valence-electron chi connectivity index (χ0n) is 9.43. The Hall–Kier alpha value is -1.18. The molecule has 4 N–H and O–H groups in total. The van der Waals surface area contributed by atoms with Gasteiger partial charge in [-0.3, -0.25) is 9.59 Å². The summed E-state index contributed by atoms with van der Waals surface area (Å²) in [4.78, 5) is 21.8. The zero-order valence-corrected chi connectivity index (χ0v) is 9.43. The fraction of sp³-hybridized carbons (Fsp3) is 0.778. The summed E-state index contributed by atoms with van der Waals surface area (Å²) in [5.74, 6) is -1.36. The average Bonchev–Trinajstić information content (AvgIpc) is 2.25. The van der Waals surface area contributed by atoms with Crippen LogP contribution in [0, 0.1) is 0 Å². The molecule has 0 aliphatic heterocycles. The summed E-state index contributed by atoms with van der Waals surface area (Å²) in [5.41, 5.74) is 5.29. The molecule has 94 valence electrons. The summed E-state index contributed by atoms with van der Waals surface area (Å²) >= 11 is 0. The number of rotatable bonds is 8. The maximum Gasteiger partial charge on any atom is 0.306 e. The maximum absolute atomic E-state index is 11.4. The molecule has 1 amide bonds. The lowest BCUT2D eigenvalue weighted by molar-refractivity contribution is -0.140. The molecule has 2 atom stereocenters. The molecule has 0 aromatic heterocycles. The minimum atomic E-state index is -0.983. The minimum Gasteiger partial charge on any atom is -0.481 e. The van der Waals surface area contributed by atoms with E-state index < -0.39 is 18.2 Å². The van der Waals surface area contributed by atoms with Crippen molar-refractivity contribution in [3.05, 3.63) is 0 Å². The van der Waals surface area contributed by atoms with E-state index in [9.17, 15) is 9.59 Å². The Morgan fingerprint density at radius 1 is 1.38 bits per heavy atom. The Kier molecular flexibility index (Phi) is 7.44. The molecule has 0 aliphatic carbocycles. The molecule has 0 aromatic rings. The highest BCUT2D eigenvalue weighted by Crippen LogP contribution is 1.96. The Morgan fingerprint density at radius 2 is 2.00 bits per heavy atom. The summed E-state index contributed by atoms with van der Waals surface area (Å²) in [6.07, 6.45) is -1.45. The topological polar surface area (TPSA) is 111 Å². The second kappa shape index (κ2) is 8.03. The number of amides is 1. The third kappa shape index (κ3) is 5.64. The van der Waals surface area contributed by atoms with Crippen LogP contribution in [0.5, 0.6) is 0 Å². The smallest absolute Gasteiger partial charge is 0.306 e. The van der Waals surface area contributed by atoms with Crippen LogP contribution in [0.15, 0.2) is 0 Å². The van der Waals surface area contributed by atoms with Crippen molar-refractivity contribution in [2.24, 2.45) is 5.73 Å². The van der Waals surface area contributed by atoms with E-state index in [1.165, 1.54) is 14.2 Å². The number of carbonyl (C=O) groups is 2. The lowest BCUT2D eigenvalue weighted by atomic mass is 10.2. The normalized spacial score (nSPS) is 14.2. The van der Waals surface area contributed by atoms with Gasteiger partial charge in [0.05, 0.1) is 12.5 Å². The van der Waals surface area contributed by atoms with Crippen LogP contribution in [0.1, 0.15) is 6.42 Å². The van der Waals surface area contributed by atoms with Crippen LogP contribution in [0.25, 0.3) is 0 Å². The van der Waals surface area contributed by atoms with Gasteiger partial charge in [-0.15, -0.1) is 0 Å². The summed E-state index contributed by atoms with van der Waals surface area (Å²) < 4.78 is 9.71. The van der Waals surface area contributed by atoms with Crippen LogP contribution >= 0.6 is 0 Å². The van der Waals surface area contributed by atoms with Gasteiger partial charge < -0.3 is 25.6 Å². The Balaban J connectivity index is 4.00. The molecule has 0 radical (unpaired) electrons. The highest BCUT2D eigenvalue weighted by Gasteiger charge is 2.18. The third-order valence-corrected chi connectivity index (χ3v) is 2.03. The van der Waals surface area contributed by atoms with E-state index in [-0.39, 0.29) is 25.4 Å².